The molecule has 0 saturated carbocycles. The van der Waals surface area contributed by atoms with Gasteiger partial charge in [-0.05, 0) is 32.4 Å². The zero-order valence-electron chi connectivity index (χ0n) is 13.7. The van der Waals surface area contributed by atoms with Crippen molar-refractivity contribution in [3.05, 3.63) is 38.9 Å². The van der Waals surface area contributed by atoms with E-state index in [9.17, 15) is 14.9 Å². The number of nitrogens with one attached hydrogen (secondary N) is 1. The first kappa shape index (κ1) is 19.2. The molecule has 0 aliphatic carbocycles. The van der Waals surface area contributed by atoms with Crippen LogP contribution in [0.15, 0.2) is 18.2 Å². The van der Waals surface area contributed by atoms with Crippen molar-refractivity contribution in [2.45, 2.75) is 38.7 Å². The SMILES string of the molecule is CC(C)(C)OC(=O)NCC(C)(CN)c1ccc([N+](=O)[O-])c(Cl)c1. The number of hydrogen-bond donors (Lipinski definition) is 2. The van der Waals surface area contributed by atoms with Crippen LogP contribution in [-0.4, -0.2) is 29.7 Å². The van der Waals surface area contributed by atoms with Gasteiger partial charge in [0, 0.05) is 24.6 Å². The molecule has 0 fully saturated rings. The third-order valence-corrected chi connectivity index (χ3v) is 3.62. The molecule has 0 spiro atoms. The standard InChI is InChI=1S/C15H22ClN3O4/c1-14(2,3)23-13(20)18-9-15(4,8-17)10-5-6-12(19(21)22)11(16)7-10/h5-7H,8-9,17H2,1-4H3,(H,18,20). The van der Waals surface area contributed by atoms with Crippen molar-refractivity contribution >= 4 is 23.4 Å². The molecule has 0 saturated heterocycles. The lowest BCUT2D eigenvalue weighted by Crippen LogP contribution is -2.45. The first-order chi connectivity index (χ1) is 10.5. The van der Waals surface area contributed by atoms with Gasteiger partial charge in [0.1, 0.15) is 10.6 Å². The Morgan fingerprint density at radius 3 is 2.43 bits per heavy atom. The van der Waals surface area contributed by atoms with Crippen molar-refractivity contribution in [2.75, 3.05) is 13.1 Å². The molecular weight excluding hydrogens is 322 g/mol. The summed E-state index contributed by atoms with van der Waals surface area (Å²) in [6, 6.07) is 4.43. The second kappa shape index (κ2) is 7.14. The number of rotatable bonds is 5. The van der Waals surface area contributed by atoms with E-state index in [2.05, 4.69) is 5.32 Å². The van der Waals surface area contributed by atoms with Gasteiger partial charge in [-0.15, -0.1) is 0 Å². The van der Waals surface area contributed by atoms with E-state index >= 15 is 0 Å². The molecule has 1 amide bonds. The zero-order chi connectivity index (χ0) is 17.8. The minimum atomic E-state index is -0.629. The molecule has 1 atom stereocenters. The van der Waals surface area contributed by atoms with Gasteiger partial charge >= 0.3 is 6.09 Å². The number of nitrogens with two attached hydrogens (primary N) is 1. The first-order valence-corrected chi connectivity index (χ1v) is 7.48. The van der Waals surface area contributed by atoms with Gasteiger partial charge in [0.2, 0.25) is 0 Å². The molecule has 0 heterocycles. The first-order valence-electron chi connectivity index (χ1n) is 7.10. The summed E-state index contributed by atoms with van der Waals surface area (Å²) in [5.41, 5.74) is 5.13. The fourth-order valence-corrected chi connectivity index (χ4v) is 2.15. The monoisotopic (exact) mass is 343 g/mol. The molecule has 3 N–H and O–H groups in total. The number of amides is 1. The number of nitrogens with zero attached hydrogens (tertiary/aromatic N) is 1. The van der Waals surface area contributed by atoms with Gasteiger partial charge in [-0.3, -0.25) is 10.1 Å². The number of hydrogen-bond acceptors (Lipinski definition) is 5. The number of carbonyl (C=O) groups excluding carboxylic acids is 1. The quantitative estimate of drug-likeness (QED) is 0.631. The van der Waals surface area contributed by atoms with Gasteiger partial charge in [-0.1, -0.05) is 24.6 Å². The summed E-state index contributed by atoms with van der Waals surface area (Å²) >= 11 is 5.94. The molecule has 0 aliphatic heterocycles. The van der Waals surface area contributed by atoms with Crippen molar-refractivity contribution in [1.82, 2.24) is 5.32 Å². The number of nitro benzene ring substituents is 1. The van der Waals surface area contributed by atoms with Crippen LogP contribution >= 0.6 is 11.6 Å². The summed E-state index contributed by atoms with van der Waals surface area (Å²) in [7, 11) is 0. The number of nitro groups is 1. The molecule has 8 heteroatoms. The predicted molar refractivity (Wildman–Crippen MR) is 88.7 cm³/mol. The Kier molecular flexibility index (Phi) is 5.96. The molecule has 1 rings (SSSR count). The fraction of sp³-hybridized carbons (Fsp3) is 0.533. The van der Waals surface area contributed by atoms with E-state index in [1.807, 2.05) is 6.92 Å². The van der Waals surface area contributed by atoms with E-state index in [1.54, 1.807) is 26.8 Å². The van der Waals surface area contributed by atoms with Gasteiger partial charge < -0.3 is 15.8 Å². The van der Waals surface area contributed by atoms with Crippen LogP contribution < -0.4 is 11.1 Å². The minimum absolute atomic E-state index is 0.0319. The number of ether oxygens (including phenoxy) is 1. The highest BCUT2D eigenvalue weighted by molar-refractivity contribution is 6.32. The number of halogens is 1. The van der Waals surface area contributed by atoms with Gasteiger partial charge in [0.25, 0.3) is 5.69 Å². The topological polar surface area (TPSA) is 107 Å². The van der Waals surface area contributed by atoms with Crippen LogP contribution in [0.2, 0.25) is 5.02 Å². The third kappa shape index (κ3) is 5.37. The van der Waals surface area contributed by atoms with Crippen molar-refractivity contribution in [2.24, 2.45) is 5.73 Å². The van der Waals surface area contributed by atoms with E-state index in [0.717, 1.165) is 0 Å². The molecule has 23 heavy (non-hydrogen) atoms. The lowest BCUT2D eigenvalue weighted by atomic mass is 9.82. The average Bonchev–Trinajstić information content (AvgIpc) is 2.42. The predicted octanol–water partition coefficient (Wildman–Crippen LogP) is 2.99. The maximum atomic E-state index is 11.8. The van der Waals surface area contributed by atoms with Crippen LogP contribution in [0.5, 0.6) is 0 Å². The highest BCUT2D eigenvalue weighted by atomic mass is 35.5. The molecule has 0 radical (unpaired) electrons. The second-order valence-electron chi connectivity index (χ2n) is 6.54. The molecule has 1 unspecified atom stereocenters. The Bertz CT molecular complexity index is 601. The zero-order valence-corrected chi connectivity index (χ0v) is 14.4. The minimum Gasteiger partial charge on any atom is -0.444 e. The Labute approximate surface area is 140 Å². The molecule has 7 nitrogen and oxygen atoms in total. The Morgan fingerprint density at radius 1 is 1.39 bits per heavy atom. The van der Waals surface area contributed by atoms with Gasteiger partial charge in [0.15, 0.2) is 0 Å². The lowest BCUT2D eigenvalue weighted by molar-refractivity contribution is -0.384. The van der Waals surface area contributed by atoms with Crippen molar-refractivity contribution in [3.8, 4) is 0 Å². The largest absolute Gasteiger partial charge is 0.444 e. The normalized spacial score (nSPS) is 14.0. The van der Waals surface area contributed by atoms with Crippen molar-refractivity contribution in [1.29, 1.82) is 0 Å². The number of benzene rings is 1. The van der Waals surface area contributed by atoms with E-state index in [0.29, 0.717) is 5.56 Å². The van der Waals surface area contributed by atoms with Gasteiger partial charge in [-0.25, -0.2) is 4.79 Å². The summed E-state index contributed by atoms with van der Waals surface area (Å²) in [5.74, 6) is 0. The Balaban J connectivity index is 2.91. The summed E-state index contributed by atoms with van der Waals surface area (Å²) in [5, 5.41) is 13.5. The van der Waals surface area contributed by atoms with E-state index < -0.39 is 22.0 Å². The van der Waals surface area contributed by atoms with Crippen molar-refractivity contribution in [3.63, 3.8) is 0 Å². The van der Waals surface area contributed by atoms with E-state index in [-0.39, 0.29) is 23.8 Å². The van der Waals surface area contributed by atoms with Crippen LogP contribution in [0, 0.1) is 10.1 Å². The van der Waals surface area contributed by atoms with Gasteiger partial charge in [0.05, 0.1) is 4.92 Å². The lowest BCUT2D eigenvalue weighted by Gasteiger charge is -2.29. The smallest absolute Gasteiger partial charge is 0.407 e. The Morgan fingerprint density at radius 2 is 2.00 bits per heavy atom. The third-order valence-electron chi connectivity index (χ3n) is 3.31. The van der Waals surface area contributed by atoms with Crippen LogP contribution in [-0.2, 0) is 10.2 Å². The van der Waals surface area contributed by atoms with Crippen LogP contribution in [0.25, 0.3) is 0 Å². The molecule has 0 aromatic heterocycles. The molecule has 1 aromatic carbocycles. The summed E-state index contributed by atoms with van der Waals surface area (Å²) in [4.78, 5) is 22.0. The molecular formula is C15H22ClN3O4. The summed E-state index contributed by atoms with van der Waals surface area (Å²) in [6.07, 6.45) is -0.551. The van der Waals surface area contributed by atoms with Gasteiger partial charge in [-0.2, -0.15) is 0 Å². The van der Waals surface area contributed by atoms with E-state index in [4.69, 9.17) is 22.1 Å². The molecule has 0 bridgehead atoms. The maximum Gasteiger partial charge on any atom is 0.407 e. The van der Waals surface area contributed by atoms with Crippen molar-refractivity contribution < 1.29 is 14.5 Å². The molecule has 128 valence electrons. The highest BCUT2D eigenvalue weighted by Gasteiger charge is 2.28. The second-order valence-corrected chi connectivity index (χ2v) is 6.95. The molecule has 1 aromatic rings. The van der Waals surface area contributed by atoms with Crippen LogP contribution in [0.4, 0.5) is 10.5 Å². The van der Waals surface area contributed by atoms with Crippen LogP contribution in [0.1, 0.15) is 33.3 Å². The fourth-order valence-electron chi connectivity index (χ4n) is 1.90. The number of alkyl carbamates (subject to hydrolysis) is 1. The summed E-state index contributed by atoms with van der Waals surface area (Å²) < 4.78 is 5.18. The number of carbonyl (C=O) groups is 1. The van der Waals surface area contributed by atoms with Crippen LogP contribution in [0.3, 0.4) is 0 Å². The average molecular weight is 344 g/mol. The van der Waals surface area contributed by atoms with E-state index in [1.165, 1.54) is 12.1 Å². The Hall–Kier alpha value is -1.86. The molecule has 0 aliphatic rings. The summed E-state index contributed by atoms with van der Waals surface area (Å²) in [6.45, 7) is 7.58. The highest BCUT2D eigenvalue weighted by Crippen LogP contribution is 2.30. The maximum absolute atomic E-state index is 11.8.